The third-order valence-electron chi connectivity index (χ3n) is 5.64. The van der Waals surface area contributed by atoms with Crippen LogP contribution < -0.4 is 4.74 Å². The molecule has 0 aliphatic carbocycles. The van der Waals surface area contributed by atoms with E-state index in [-0.39, 0.29) is 29.8 Å². The lowest BCUT2D eigenvalue weighted by molar-refractivity contribution is -0.157. The Balaban J connectivity index is 1.39. The van der Waals surface area contributed by atoms with Crippen LogP contribution in [0.2, 0.25) is 0 Å². The molecule has 1 aromatic carbocycles. The maximum absolute atomic E-state index is 13.0. The second kappa shape index (κ2) is 9.32. The maximum Gasteiger partial charge on any atom is 0.468 e. The molecule has 0 unspecified atom stereocenters. The van der Waals surface area contributed by atoms with Gasteiger partial charge in [-0.05, 0) is 60.0 Å². The first-order chi connectivity index (χ1) is 17.3. The smallest absolute Gasteiger partial charge is 0.468 e. The van der Waals surface area contributed by atoms with Crippen molar-refractivity contribution < 1.29 is 31.5 Å². The van der Waals surface area contributed by atoms with Gasteiger partial charge in [-0.3, -0.25) is 4.79 Å². The van der Waals surface area contributed by atoms with Gasteiger partial charge in [-0.25, -0.2) is 4.98 Å². The van der Waals surface area contributed by atoms with Gasteiger partial charge in [0.25, 0.3) is 0 Å². The number of aromatic amines is 1. The first-order valence-electron chi connectivity index (χ1n) is 10.8. The number of nitrogens with zero attached hydrogens (tertiary/aromatic N) is 5. The van der Waals surface area contributed by atoms with E-state index in [4.69, 9.17) is 13.6 Å². The molecule has 10 nitrogen and oxygen atoms in total. The van der Waals surface area contributed by atoms with Gasteiger partial charge in [-0.2, -0.15) is 18.4 Å². The zero-order chi connectivity index (χ0) is 25.3. The molecule has 0 bridgehead atoms. The molecule has 4 heterocycles. The molecule has 36 heavy (non-hydrogen) atoms. The largest absolute Gasteiger partial charge is 0.486 e. The van der Waals surface area contributed by atoms with E-state index in [0.717, 1.165) is 11.1 Å². The average molecular weight is 500 g/mol. The molecule has 13 heteroatoms. The quantitative estimate of drug-likeness (QED) is 0.395. The number of halogens is 3. The topological polar surface area (TPSA) is 123 Å². The van der Waals surface area contributed by atoms with Crippen LogP contribution in [0.15, 0.2) is 45.4 Å². The highest BCUT2D eigenvalue weighted by Gasteiger charge is 2.38. The number of amides is 1. The average Bonchev–Trinajstić information content (AvgIpc) is 3.62. The zero-order valence-corrected chi connectivity index (χ0v) is 18.9. The molecule has 0 fully saturated rings. The lowest BCUT2D eigenvalue weighted by atomic mass is 9.96. The second-order valence-corrected chi connectivity index (χ2v) is 8.02. The lowest BCUT2D eigenvalue weighted by Gasteiger charge is -2.29. The number of rotatable bonds is 6. The normalized spacial score (nSPS) is 13.8. The molecule has 1 aliphatic rings. The number of alkyl halides is 3. The Morgan fingerprint density at radius 1 is 1.31 bits per heavy atom. The number of tetrazole rings is 1. The molecule has 0 saturated heterocycles. The van der Waals surface area contributed by atoms with Crippen LogP contribution in [0, 0.1) is 6.92 Å². The molecule has 4 aromatic rings. The highest BCUT2D eigenvalue weighted by Crippen LogP contribution is 2.35. The van der Waals surface area contributed by atoms with Gasteiger partial charge in [0.2, 0.25) is 11.7 Å². The number of H-pyrrole nitrogens is 1. The highest BCUT2D eigenvalue weighted by atomic mass is 19.4. The van der Waals surface area contributed by atoms with Crippen LogP contribution in [-0.4, -0.2) is 43.0 Å². The molecule has 1 aliphatic heterocycles. The fourth-order valence-corrected chi connectivity index (χ4v) is 3.82. The number of carbonyl (C=O) groups excluding carboxylic acids is 1. The standard InChI is InChI=1S/C23H19F3N6O4/c1-13-18(27-22(36-13)23(24,25)26)12-35-19-10-15-11-32(20(33)5-4-16-3-2-8-34-16)7-6-14(15)9-17(19)21-28-30-31-29-21/h2-5,8-10H,6-7,11-12H2,1H3,(H,28,29,30,31)/b5-4+. The van der Waals surface area contributed by atoms with Gasteiger partial charge in [0, 0.05) is 19.2 Å². The van der Waals surface area contributed by atoms with Crippen molar-refractivity contribution in [1.29, 1.82) is 0 Å². The van der Waals surface area contributed by atoms with Crippen LogP contribution in [-0.2, 0) is 30.5 Å². The Kier molecular flexibility index (Phi) is 6.04. The predicted molar refractivity (Wildman–Crippen MR) is 117 cm³/mol. The van der Waals surface area contributed by atoms with E-state index < -0.39 is 12.1 Å². The van der Waals surface area contributed by atoms with Crippen molar-refractivity contribution in [3.63, 3.8) is 0 Å². The summed E-state index contributed by atoms with van der Waals surface area (Å²) in [5.74, 6) is -0.370. The molecule has 0 spiro atoms. The van der Waals surface area contributed by atoms with Crippen molar-refractivity contribution in [2.45, 2.75) is 32.7 Å². The minimum atomic E-state index is -4.70. The summed E-state index contributed by atoms with van der Waals surface area (Å²) in [6, 6.07) is 7.05. The summed E-state index contributed by atoms with van der Waals surface area (Å²) in [4.78, 5) is 17.9. The number of oxazole rings is 1. The molecule has 0 radical (unpaired) electrons. The number of carbonyl (C=O) groups is 1. The minimum Gasteiger partial charge on any atom is -0.486 e. The molecule has 0 saturated carbocycles. The molecule has 0 atom stereocenters. The van der Waals surface area contributed by atoms with Crippen LogP contribution in [0.1, 0.15) is 34.2 Å². The van der Waals surface area contributed by atoms with Crippen molar-refractivity contribution in [1.82, 2.24) is 30.5 Å². The van der Waals surface area contributed by atoms with Crippen LogP contribution in [0.3, 0.4) is 0 Å². The van der Waals surface area contributed by atoms with E-state index in [9.17, 15) is 18.0 Å². The van der Waals surface area contributed by atoms with Gasteiger partial charge in [0.05, 0.1) is 11.8 Å². The molecule has 3 aromatic heterocycles. The summed E-state index contributed by atoms with van der Waals surface area (Å²) in [5, 5.41) is 14.0. The summed E-state index contributed by atoms with van der Waals surface area (Å²) in [6.45, 7) is 1.93. The number of hydrogen-bond donors (Lipinski definition) is 1. The fraction of sp³-hybridized carbons (Fsp3) is 0.261. The molecule has 186 valence electrons. The first kappa shape index (κ1) is 23.3. The Labute approximate surface area is 201 Å². The summed E-state index contributed by atoms with van der Waals surface area (Å²) in [7, 11) is 0. The van der Waals surface area contributed by atoms with Crippen molar-refractivity contribution >= 4 is 12.0 Å². The molecule has 1 N–H and O–H groups in total. The third-order valence-corrected chi connectivity index (χ3v) is 5.64. The molecule has 1 amide bonds. The van der Waals surface area contributed by atoms with E-state index in [1.54, 1.807) is 29.2 Å². The van der Waals surface area contributed by atoms with Crippen LogP contribution in [0.4, 0.5) is 13.2 Å². The van der Waals surface area contributed by atoms with Gasteiger partial charge in [-0.1, -0.05) is 0 Å². The summed E-state index contributed by atoms with van der Waals surface area (Å²) in [6.07, 6.45) is 0.445. The molecule has 5 rings (SSSR count). The Bertz CT molecular complexity index is 1390. The van der Waals surface area contributed by atoms with Gasteiger partial charge in [-0.15, -0.1) is 10.2 Å². The molecular formula is C23H19F3N6O4. The molecular weight excluding hydrogens is 481 g/mol. The van der Waals surface area contributed by atoms with Gasteiger partial charge in [0.1, 0.15) is 29.6 Å². The number of furan rings is 1. The minimum absolute atomic E-state index is 0.00140. The van der Waals surface area contributed by atoms with Crippen molar-refractivity contribution in [2.24, 2.45) is 0 Å². The maximum atomic E-state index is 13.0. The Hall–Kier alpha value is -4.42. The van der Waals surface area contributed by atoms with E-state index in [1.165, 1.54) is 19.3 Å². The zero-order valence-electron chi connectivity index (χ0n) is 18.9. The lowest BCUT2D eigenvalue weighted by Crippen LogP contribution is -2.34. The van der Waals surface area contributed by atoms with E-state index >= 15 is 0 Å². The van der Waals surface area contributed by atoms with Crippen LogP contribution in [0.5, 0.6) is 5.75 Å². The number of aromatic nitrogens is 5. The number of benzene rings is 1. The SMILES string of the molecule is Cc1oc(C(F)(F)F)nc1COc1cc2c(cc1-c1nn[nH]n1)CCN(C(=O)/C=C/c1ccco1)C2. The Morgan fingerprint density at radius 2 is 2.17 bits per heavy atom. The van der Waals surface area contributed by atoms with Gasteiger partial charge < -0.3 is 18.5 Å². The van der Waals surface area contributed by atoms with E-state index in [1.807, 2.05) is 6.07 Å². The predicted octanol–water partition coefficient (Wildman–Crippen LogP) is 3.95. The number of aryl methyl sites for hydroxylation is 1. The monoisotopic (exact) mass is 500 g/mol. The fourth-order valence-electron chi connectivity index (χ4n) is 3.82. The highest BCUT2D eigenvalue weighted by molar-refractivity contribution is 5.91. The van der Waals surface area contributed by atoms with Crippen molar-refractivity contribution in [3.8, 4) is 17.1 Å². The van der Waals surface area contributed by atoms with Gasteiger partial charge in [0.15, 0.2) is 0 Å². The third kappa shape index (κ3) is 4.85. The summed E-state index contributed by atoms with van der Waals surface area (Å²) < 4.78 is 54.7. The summed E-state index contributed by atoms with van der Waals surface area (Å²) in [5.41, 5.74) is 2.32. The number of fused-ring (bicyclic) bond motifs is 1. The summed E-state index contributed by atoms with van der Waals surface area (Å²) >= 11 is 0. The van der Waals surface area contributed by atoms with Crippen LogP contribution >= 0.6 is 0 Å². The number of hydrogen-bond acceptors (Lipinski definition) is 8. The van der Waals surface area contributed by atoms with E-state index in [2.05, 4.69) is 25.6 Å². The van der Waals surface area contributed by atoms with Crippen molar-refractivity contribution in [3.05, 3.63) is 70.8 Å². The number of ether oxygens (including phenoxy) is 1. The second-order valence-electron chi connectivity index (χ2n) is 8.02. The van der Waals surface area contributed by atoms with Crippen molar-refractivity contribution in [2.75, 3.05) is 6.54 Å². The first-order valence-corrected chi connectivity index (χ1v) is 10.8. The Morgan fingerprint density at radius 3 is 2.86 bits per heavy atom. The van der Waals surface area contributed by atoms with Gasteiger partial charge >= 0.3 is 12.1 Å². The number of nitrogens with one attached hydrogen (secondary N) is 1. The van der Waals surface area contributed by atoms with E-state index in [0.29, 0.717) is 36.6 Å². The van der Waals surface area contributed by atoms with Crippen LogP contribution in [0.25, 0.3) is 17.5 Å².